The van der Waals surface area contributed by atoms with E-state index in [1.165, 1.54) is 131 Å². The Morgan fingerprint density at radius 1 is 0.185 bits per heavy atom. The standard InChI is InChI=1S/C113H74N6/c1-5-25-76(26-6-1)106-110(78-29-9-3-10-30-78)118(86-59-53-72(54-60-86)82-57-63-98-92-37-15-13-33-88(92)90-35-17-19-39-94(90)104(98)65-82)112(114-106)80-49-45-74(46-50-80)102-67-84-69-116-71-117(108(84)100-43-23-21-41-96(100)102)70-85-68-103(97-42-22-24-44-101(97)109(85)116)75-47-51-81(52-48-75)113-115-107(77-27-7-2-8-28-77)111(79-31-11-4-12-32-79)119(113)87-61-55-73(56-62-87)83-58-64-99-93-38-16-14-34-89(93)91-36-18-20-40-95(91)105(99)66-83/h1-68H,69-71H2. The molecule has 0 atom stereocenters. The molecule has 2 aromatic heterocycles. The van der Waals surface area contributed by atoms with Crippen molar-refractivity contribution in [3.05, 3.63) is 424 Å². The zero-order chi connectivity index (χ0) is 78.2. The number of aromatic nitrogens is 4. The second-order valence-corrected chi connectivity index (χ2v) is 31.8. The highest BCUT2D eigenvalue weighted by atomic mass is 15.4. The lowest BCUT2D eigenvalue weighted by molar-refractivity contribution is 0.657. The highest BCUT2D eigenvalue weighted by Gasteiger charge is 2.35. The third kappa shape index (κ3) is 11.2. The van der Waals surface area contributed by atoms with Crippen molar-refractivity contribution >= 4 is 97.6 Å². The zero-order valence-electron chi connectivity index (χ0n) is 65.1. The molecule has 24 rings (SSSR count). The Hall–Kier alpha value is -15.5. The van der Waals surface area contributed by atoms with Gasteiger partial charge in [-0.05, 0) is 180 Å². The molecule has 0 saturated heterocycles. The molecule has 4 heterocycles. The fourth-order valence-electron chi connectivity index (χ4n) is 19.7. The van der Waals surface area contributed by atoms with Gasteiger partial charge in [0.1, 0.15) is 11.6 Å². The lowest BCUT2D eigenvalue weighted by atomic mass is 9.88. The molecule has 6 nitrogen and oxygen atoms in total. The second-order valence-electron chi connectivity index (χ2n) is 31.8. The van der Waals surface area contributed by atoms with Crippen LogP contribution in [0.25, 0.3) is 210 Å². The van der Waals surface area contributed by atoms with Gasteiger partial charge in [0.15, 0.2) is 0 Å². The van der Waals surface area contributed by atoms with Crippen molar-refractivity contribution in [2.45, 2.75) is 13.1 Å². The van der Waals surface area contributed by atoms with E-state index in [9.17, 15) is 0 Å². The largest absolute Gasteiger partial charge is 0.349 e. The van der Waals surface area contributed by atoms with Gasteiger partial charge in [0.05, 0.1) is 40.8 Å². The molecular weight excluding hydrogens is 1440 g/mol. The number of anilines is 2. The minimum absolute atomic E-state index is 0.770. The molecular formula is C113H74N6. The number of fused-ring (bicyclic) bond motifs is 22. The van der Waals surface area contributed by atoms with Gasteiger partial charge >= 0.3 is 0 Å². The molecule has 2 bridgehead atoms. The Morgan fingerprint density at radius 2 is 0.445 bits per heavy atom. The molecule has 22 aromatic rings. The fraction of sp³-hybridized carbons (Fsp3) is 0.0265. The van der Waals surface area contributed by atoms with Crippen molar-refractivity contribution in [3.8, 4) is 124 Å². The third-order valence-electron chi connectivity index (χ3n) is 25.1. The molecule has 0 fully saturated rings. The molecule has 0 spiro atoms. The van der Waals surface area contributed by atoms with Crippen molar-refractivity contribution in [1.29, 1.82) is 0 Å². The molecule has 0 unspecified atom stereocenters. The highest BCUT2D eigenvalue weighted by molar-refractivity contribution is 6.27. The van der Waals surface area contributed by atoms with E-state index in [0.717, 1.165) is 121 Å². The Kier molecular flexibility index (Phi) is 15.8. The lowest BCUT2D eigenvalue weighted by Crippen LogP contribution is -2.46. The fourth-order valence-corrected chi connectivity index (χ4v) is 19.7. The Balaban J connectivity index is 0.570. The summed E-state index contributed by atoms with van der Waals surface area (Å²) in [5, 5.41) is 20.2. The predicted molar refractivity (Wildman–Crippen MR) is 499 cm³/mol. The summed E-state index contributed by atoms with van der Waals surface area (Å²) in [7, 11) is 0. The summed E-state index contributed by atoms with van der Waals surface area (Å²) in [6, 6.07) is 152. The molecule has 0 amide bonds. The van der Waals surface area contributed by atoms with Gasteiger partial charge in [0, 0.05) is 68.6 Å². The van der Waals surface area contributed by atoms with E-state index < -0.39 is 0 Å². The maximum Gasteiger partial charge on any atom is 0.145 e. The Labute approximate surface area is 689 Å². The van der Waals surface area contributed by atoms with Gasteiger partial charge in [0.25, 0.3) is 0 Å². The van der Waals surface area contributed by atoms with Crippen LogP contribution in [0.1, 0.15) is 11.1 Å². The van der Waals surface area contributed by atoms with Crippen LogP contribution < -0.4 is 9.80 Å². The van der Waals surface area contributed by atoms with Gasteiger partial charge in [-0.25, -0.2) is 9.97 Å². The predicted octanol–water partition coefficient (Wildman–Crippen LogP) is 29.3. The summed E-state index contributed by atoms with van der Waals surface area (Å²) in [6.07, 6.45) is 0. The first-order valence-electron chi connectivity index (χ1n) is 41.2. The van der Waals surface area contributed by atoms with Crippen LogP contribution in [-0.2, 0) is 13.1 Å². The van der Waals surface area contributed by atoms with Gasteiger partial charge in [-0.3, -0.25) is 9.13 Å². The molecule has 2 aliphatic rings. The maximum atomic E-state index is 5.70. The van der Waals surface area contributed by atoms with Crippen molar-refractivity contribution in [3.63, 3.8) is 0 Å². The van der Waals surface area contributed by atoms with Crippen LogP contribution in [0, 0.1) is 0 Å². The van der Waals surface area contributed by atoms with E-state index >= 15 is 0 Å². The lowest BCUT2D eigenvalue weighted by Gasteiger charge is -2.46. The SMILES string of the molecule is c1ccc(-c2nc(-c3ccc(-c4cc5c(c6ccccc46)N4Cc6cc(-c7ccc(-c8nc(-c9ccccc9)c(-c9ccccc9)n8-c8ccc(-c9ccc%10c%11ccccc%11c%11ccccc%11c%10c9)cc8)cc7)c7ccccc7c6N(C5)C4)cc3)n(-c3ccc(-c4ccc5c6ccccc6c6ccccc6c5c4)cc3)c2-c2ccccc2)cc1. The topological polar surface area (TPSA) is 42.1 Å². The summed E-state index contributed by atoms with van der Waals surface area (Å²) in [4.78, 5) is 16.6. The normalized spacial score (nSPS) is 12.6. The van der Waals surface area contributed by atoms with Crippen LogP contribution >= 0.6 is 0 Å². The molecule has 0 saturated carbocycles. The van der Waals surface area contributed by atoms with Crippen LogP contribution in [0.15, 0.2) is 413 Å². The third-order valence-corrected chi connectivity index (χ3v) is 25.1. The molecule has 0 radical (unpaired) electrons. The maximum absolute atomic E-state index is 5.70. The summed E-state index contributed by atoms with van der Waals surface area (Å²) in [5.41, 5.74) is 27.0. The van der Waals surface area contributed by atoms with Crippen molar-refractivity contribution in [1.82, 2.24) is 19.1 Å². The molecule has 119 heavy (non-hydrogen) atoms. The van der Waals surface area contributed by atoms with E-state index in [-0.39, 0.29) is 0 Å². The molecule has 2 aliphatic heterocycles. The Bertz CT molecular complexity index is 7290. The molecule has 0 aliphatic carbocycles. The summed E-state index contributed by atoms with van der Waals surface area (Å²) < 4.78 is 4.76. The summed E-state index contributed by atoms with van der Waals surface area (Å²) in [6.45, 7) is 2.34. The minimum atomic E-state index is 0.770. The van der Waals surface area contributed by atoms with Crippen LogP contribution in [0.2, 0.25) is 0 Å². The minimum Gasteiger partial charge on any atom is -0.349 e. The zero-order valence-corrected chi connectivity index (χ0v) is 65.1. The van der Waals surface area contributed by atoms with E-state index in [1.807, 2.05) is 0 Å². The number of nitrogens with zero attached hydrogens (tertiary/aromatic N) is 6. The van der Waals surface area contributed by atoms with Gasteiger partial charge in [-0.15, -0.1) is 0 Å². The van der Waals surface area contributed by atoms with E-state index in [4.69, 9.17) is 9.97 Å². The molecule has 20 aromatic carbocycles. The number of benzene rings is 20. The van der Waals surface area contributed by atoms with Crippen LogP contribution in [0.3, 0.4) is 0 Å². The summed E-state index contributed by atoms with van der Waals surface area (Å²) >= 11 is 0. The Morgan fingerprint density at radius 3 is 0.782 bits per heavy atom. The van der Waals surface area contributed by atoms with Crippen molar-refractivity contribution in [2.75, 3.05) is 16.5 Å². The van der Waals surface area contributed by atoms with Gasteiger partial charge in [0.2, 0.25) is 0 Å². The van der Waals surface area contributed by atoms with Gasteiger partial charge in [-0.2, -0.15) is 0 Å². The van der Waals surface area contributed by atoms with Gasteiger partial charge < -0.3 is 9.80 Å². The number of imidazole rings is 2. The van der Waals surface area contributed by atoms with Crippen LogP contribution in [-0.4, -0.2) is 25.8 Å². The first-order valence-corrected chi connectivity index (χ1v) is 41.2. The first-order chi connectivity index (χ1) is 59.0. The van der Waals surface area contributed by atoms with Crippen molar-refractivity contribution in [2.24, 2.45) is 0 Å². The van der Waals surface area contributed by atoms with E-state index in [0.29, 0.717) is 0 Å². The molecule has 556 valence electrons. The molecule has 0 N–H and O–H groups in total. The van der Waals surface area contributed by atoms with E-state index in [1.54, 1.807) is 0 Å². The average Bonchev–Trinajstić information content (AvgIpc) is 1.67. The van der Waals surface area contributed by atoms with Gasteiger partial charge in [-0.1, -0.05) is 364 Å². The molecule has 6 heteroatoms. The highest BCUT2D eigenvalue weighted by Crippen LogP contribution is 2.51. The number of rotatable bonds is 12. The smallest absolute Gasteiger partial charge is 0.145 e. The van der Waals surface area contributed by atoms with Crippen LogP contribution in [0.4, 0.5) is 11.4 Å². The monoisotopic (exact) mass is 1510 g/mol. The number of hydrogen-bond donors (Lipinski definition) is 0. The summed E-state index contributed by atoms with van der Waals surface area (Å²) in [5.74, 6) is 1.75. The van der Waals surface area contributed by atoms with Crippen molar-refractivity contribution < 1.29 is 0 Å². The van der Waals surface area contributed by atoms with E-state index in [2.05, 4.69) is 431 Å². The first kappa shape index (κ1) is 68.0. The number of hydrogen-bond acceptors (Lipinski definition) is 4. The second kappa shape index (κ2) is 27.6. The average molecular weight is 1520 g/mol. The van der Waals surface area contributed by atoms with Crippen LogP contribution in [0.5, 0.6) is 0 Å². The quantitative estimate of drug-likeness (QED) is 0.114.